The van der Waals surface area contributed by atoms with E-state index in [-0.39, 0.29) is 25.9 Å². The molecular weight excluding hydrogens is 195 g/mol. The number of hydrogen-bond donors (Lipinski definition) is 1. The van der Waals surface area contributed by atoms with E-state index >= 15 is 0 Å². The molecule has 4 heteroatoms. The van der Waals surface area contributed by atoms with Gasteiger partial charge in [-0.2, -0.15) is 0 Å². The largest absolute Gasteiger partial charge is 0.481 e. The van der Waals surface area contributed by atoms with E-state index in [1.54, 1.807) is 24.4 Å². The first-order chi connectivity index (χ1) is 4.79. The zero-order valence-electron chi connectivity index (χ0n) is 6.03. The monoisotopic (exact) mass is 201 g/mol. The summed E-state index contributed by atoms with van der Waals surface area (Å²) in [6.45, 7) is 0. The summed E-state index contributed by atoms with van der Waals surface area (Å²) in [4.78, 5) is 14.0. The molecule has 0 bridgehead atoms. The molecule has 54 valence electrons. The summed E-state index contributed by atoms with van der Waals surface area (Å²) in [6, 6.07) is 5.21. The fourth-order valence-electron chi connectivity index (χ4n) is 0.658. The minimum atomic E-state index is -0.848. The van der Waals surface area contributed by atoms with Crippen LogP contribution in [0.3, 0.4) is 0 Å². The molecule has 11 heavy (non-hydrogen) atoms. The van der Waals surface area contributed by atoms with Crippen molar-refractivity contribution in [2.24, 2.45) is 0 Å². The number of rotatable bonds is 2. The average Bonchev–Trinajstić information content (AvgIpc) is 1.88. The van der Waals surface area contributed by atoms with E-state index in [0.29, 0.717) is 5.69 Å². The van der Waals surface area contributed by atoms with Crippen LogP contribution in [0.5, 0.6) is 0 Å². The van der Waals surface area contributed by atoms with E-state index in [1.165, 1.54) is 0 Å². The Balaban J connectivity index is 0.000001000. The van der Waals surface area contributed by atoms with Gasteiger partial charge in [-0.3, -0.25) is 9.78 Å². The molecule has 1 rings (SSSR count). The van der Waals surface area contributed by atoms with Crippen molar-refractivity contribution in [3.05, 3.63) is 30.1 Å². The second-order valence-electron chi connectivity index (χ2n) is 1.89. The summed E-state index contributed by atoms with van der Waals surface area (Å²) in [5.74, 6) is -0.848. The number of carbonyl (C=O) groups is 1. The van der Waals surface area contributed by atoms with Crippen LogP contribution >= 0.6 is 0 Å². The van der Waals surface area contributed by atoms with E-state index in [2.05, 4.69) is 4.98 Å². The van der Waals surface area contributed by atoms with Gasteiger partial charge in [-0.1, -0.05) is 6.07 Å². The van der Waals surface area contributed by atoms with Gasteiger partial charge >= 0.3 is 5.97 Å². The van der Waals surface area contributed by atoms with Crippen LogP contribution in [0.15, 0.2) is 24.4 Å². The molecule has 0 saturated carbocycles. The molecule has 0 unspecified atom stereocenters. The fraction of sp³-hybridized carbons (Fsp3) is 0.143. The van der Waals surface area contributed by atoms with Crippen LogP contribution < -0.4 is 0 Å². The maximum Gasteiger partial charge on any atom is 0.309 e. The van der Waals surface area contributed by atoms with Crippen molar-refractivity contribution in [3.63, 3.8) is 0 Å². The molecule has 0 radical (unpaired) electrons. The summed E-state index contributed by atoms with van der Waals surface area (Å²) < 4.78 is 0. The molecule has 1 aromatic rings. The number of hydrogen-bond acceptors (Lipinski definition) is 2. The molecule has 0 spiro atoms. The Morgan fingerprint density at radius 1 is 1.55 bits per heavy atom. The zero-order valence-corrected chi connectivity index (χ0v) is 8.99. The second kappa shape index (κ2) is 4.97. The molecule has 1 heterocycles. The van der Waals surface area contributed by atoms with Gasteiger partial charge in [0.05, 0.1) is 12.1 Å². The van der Waals surface area contributed by atoms with Crippen LogP contribution in [-0.2, 0) is 30.7 Å². The second-order valence-corrected chi connectivity index (χ2v) is 1.89. The predicted octanol–water partition coefficient (Wildman–Crippen LogP) is 0.706. The molecule has 0 aliphatic rings. The first kappa shape index (κ1) is 10.2. The van der Waals surface area contributed by atoms with Gasteiger partial charge in [-0.25, -0.2) is 0 Å². The molecule has 1 N–H and O–H groups in total. The number of carboxylic acids is 1. The third-order valence-electron chi connectivity index (χ3n) is 1.06. The molecule has 0 amide bonds. The molecule has 0 aromatic carbocycles. The van der Waals surface area contributed by atoms with Crippen molar-refractivity contribution < 1.29 is 29.4 Å². The van der Waals surface area contributed by atoms with E-state index in [1.807, 2.05) is 0 Å². The Labute approximate surface area is 77.2 Å². The van der Waals surface area contributed by atoms with Crippen molar-refractivity contribution in [2.45, 2.75) is 6.42 Å². The van der Waals surface area contributed by atoms with E-state index in [0.717, 1.165) is 0 Å². The SMILES string of the molecule is O=C(O)Cc1ccccn1.[Zn]. The van der Waals surface area contributed by atoms with Crippen LogP contribution in [0.4, 0.5) is 0 Å². The topological polar surface area (TPSA) is 50.2 Å². The summed E-state index contributed by atoms with van der Waals surface area (Å²) in [5.41, 5.74) is 0.593. The molecule has 0 fully saturated rings. The number of nitrogens with zero attached hydrogens (tertiary/aromatic N) is 1. The van der Waals surface area contributed by atoms with Crippen molar-refractivity contribution in [3.8, 4) is 0 Å². The van der Waals surface area contributed by atoms with Gasteiger partial charge in [-0.15, -0.1) is 0 Å². The third-order valence-corrected chi connectivity index (χ3v) is 1.06. The molecule has 0 aliphatic carbocycles. The van der Waals surface area contributed by atoms with Gasteiger partial charge in [0.25, 0.3) is 0 Å². The zero-order chi connectivity index (χ0) is 7.40. The number of pyridine rings is 1. The number of aliphatic carboxylic acids is 1. The van der Waals surface area contributed by atoms with Crippen LogP contribution in [0.25, 0.3) is 0 Å². The Kier molecular flexibility index (Phi) is 4.63. The summed E-state index contributed by atoms with van der Waals surface area (Å²) in [6.07, 6.45) is 1.58. The summed E-state index contributed by atoms with van der Waals surface area (Å²) in [7, 11) is 0. The minimum absolute atomic E-state index is 0. The third kappa shape index (κ3) is 3.84. The maximum absolute atomic E-state index is 10.1. The van der Waals surface area contributed by atoms with Gasteiger partial charge in [0.2, 0.25) is 0 Å². The molecule has 0 aliphatic heterocycles. The molecule has 0 saturated heterocycles. The maximum atomic E-state index is 10.1. The van der Waals surface area contributed by atoms with Crippen molar-refractivity contribution in [1.82, 2.24) is 4.98 Å². The minimum Gasteiger partial charge on any atom is -0.481 e. The van der Waals surface area contributed by atoms with Gasteiger partial charge in [0.1, 0.15) is 0 Å². The van der Waals surface area contributed by atoms with Crippen molar-refractivity contribution in [1.29, 1.82) is 0 Å². The molecule has 1 aromatic heterocycles. The Morgan fingerprint density at radius 3 is 2.73 bits per heavy atom. The first-order valence-corrected chi connectivity index (χ1v) is 2.91. The average molecular weight is 203 g/mol. The molecular formula is C7H7NO2Zn. The van der Waals surface area contributed by atoms with Gasteiger partial charge < -0.3 is 5.11 Å². The van der Waals surface area contributed by atoms with Gasteiger partial charge in [0.15, 0.2) is 0 Å². The van der Waals surface area contributed by atoms with Gasteiger partial charge in [0, 0.05) is 25.7 Å². The molecule has 3 nitrogen and oxygen atoms in total. The first-order valence-electron chi connectivity index (χ1n) is 2.91. The predicted molar refractivity (Wildman–Crippen MR) is 35.6 cm³/mol. The number of carboxylic acid groups (broad SMARTS) is 1. The van der Waals surface area contributed by atoms with Crippen molar-refractivity contribution >= 4 is 5.97 Å². The Bertz CT molecular complexity index is 225. The normalized spacial score (nSPS) is 8.36. The van der Waals surface area contributed by atoms with Crippen molar-refractivity contribution in [2.75, 3.05) is 0 Å². The van der Waals surface area contributed by atoms with Crippen LogP contribution in [0.1, 0.15) is 5.69 Å². The van der Waals surface area contributed by atoms with Gasteiger partial charge in [-0.05, 0) is 12.1 Å². The summed E-state index contributed by atoms with van der Waals surface area (Å²) >= 11 is 0. The van der Waals surface area contributed by atoms with Crippen LogP contribution in [0.2, 0.25) is 0 Å². The standard InChI is InChI=1S/C7H7NO2.Zn/c9-7(10)5-6-3-1-2-4-8-6;/h1-4H,5H2,(H,9,10);. The Hall–Kier alpha value is -0.757. The van der Waals surface area contributed by atoms with E-state index in [9.17, 15) is 4.79 Å². The summed E-state index contributed by atoms with van der Waals surface area (Å²) in [5, 5.41) is 8.33. The van der Waals surface area contributed by atoms with E-state index in [4.69, 9.17) is 5.11 Å². The molecule has 0 atom stereocenters. The smallest absolute Gasteiger partial charge is 0.309 e. The van der Waals surface area contributed by atoms with Crippen LogP contribution in [0, 0.1) is 0 Å². The van der Waals surface area contributed by atoms with Crippen LogP contribution in [-0.4, -0.2) is 16.1 Å². The number of aromatic nitrogens is 1. The Morgan fingerprint density at radius 2 is 2.27 bits per heavy atom. The quantitative estimate of drug-likeness (QED) is 0.719. The fourth-order valence-corrected chi connectivity index (χ4v) is 0.658. The van der Waals surface area contributed by atoms with E-state index < -0.39 is 5.97 Å².